The highest BCUT2D eigenvalue weighted by molar-refractivity contribution is 6.31. The van der Waals surface area contributed by atoms with Crippen LogP contribution in [0.2, 0.25) is 5.02 Å². The number of hydrogen-bond acceptors (Lipinski definition) is 2. The van der Waals surface area contributed by atoms with Crippen LogP contribution in [0.1, 0.15) is 25.3 Å². The van der Waals surface area contributed by atoms with E-state index < -0.39 is 0 Å². The number of benzene rings is 1. The van der Waals surface area contributed by atoms with Crippen molar-refractivity contribution in [2.75, 3.05) is 19.6 Å². The Balaban J connectivity index is 1.68. The molecular formula is C18H26ClN5. The first-order chi connectivity index (χ1) is 11.8. The number of nitrogens with zero attached hydrogens (tertiary/aromatic N) is 3. The van der Waals surface area contributed by atoms with Crippen molar-refractivity contribution >= 4 is 17.6 Å². The molecule has 0 unspecified atom stereocenters. The summed E-state index contributed by atoms with van der Waals surface area (Å²) in [5.41, 5.74) is 1.20. The average Bonchev–Trinajstić information content (AvgIpc) is 3.10. The third-order valence-electron chi connectivity index (χ3n) is 3.59. The SMILES string of the molecule is CCNC(=NCCCn1cccn1)NCCCc1ccccc1Cl. The summed E-state index contributed by atoms with van der Waals surface area (Å²) >= 11 is 6.18. The molecule has 0 atom stereocenters. The van der Waals surface area contributed by atoms with E-state index >= 15 is 0 Å². The van der Waals surface area contributed by atoms with E-state index in [-0.39, 0.29) is 0 Å². The maximum atomic E-state index is 6.18. The van der Waals surface area contributed by atoms with Crippen molar-refractivity contribution in [1.82, 2.24) is 20.4 Å². The van der Waals surface area contributed by atoms with Gasteiger partial charge in [-0.3, -0.25) is 9.67 Å². The van der Waals surface area contributed by atoms with Gasteiger partial charge < -0.3 is 10.6 Å². The summed E-state index contributed by atoms with van der Waals surface area (Å²) in [6.07, 6.45) is 6.72. The Morgan fingerprint density at radius 2 is 2.08 bits per heavy atom. The van der Waals surface area contributed by atoms with Gasteiger partial charge in [0.1, 0.15) is 0 Å². The molecule has 1 aromatic heterocycles. The standard InChI is InChI=1S/C18H26ClN5/c1-2-20-18(22-12-6-14-24-15-7-13-23-24)21-11-5-9-16-8-3-4-10-17(16)19/h3-4,7-8,10,13,15H,2,5-6,9,11-12,14H2,1H3,(H2,20,21,22). The zero-order valence-corrected chi connectivity index (χ0v) is 15.0. The molecule has 2 aromatic rings. The third kappa shape index (κ3) is 6.62. The van der Waals surface area contributed by atoms with Crippen LogP contribution in [0, 0.1) is 0 Å². The highest BCUT2D eigenvalue weighted by atomic mass is 35.5. The molecule has 0 aliphatic rings. The fourth-order valence-electron chi connectivity index (χ4n) is 2.38. The summed E-state index contributed by atoms with van der Waals surface area (Å²) in [4.78, 5) is 4.60. The van der Waals surface area contributed by atoms with Crippen molar-refractivity contribution in [2.45, 2.75) is 32.7 Å². The molecule has 0 saturated carbocycles. The normalized spacial score (nSPS) is 11.5. The second kappa shape index (κ2) is 10.7. The predicted molar refractivity (Wildman–Crippen MR) is 101 cm³/mol. The molecule has 0 amide bonds. The average molecular weight is 348 g/mol. The molecule has 0 aliphatic carbocycles. The largest absolute Gasteiger partial charge is 0.357 e. The highest BCUT2D eigenvalue weighted by Gasteiger charge is 2.00. The van der Waals surface area contributed by atoms with Crippen LogP contribution < -0.4 is 10.6 Å². The van der Waals surface area contributed by atoms with E-state index in [9.17, 15) is 0 Å². The van der Waals surface area contributed by atoms with Gasteiger partial charge >= 0.3 is 0 Å². The quantitative estimate of drug-likeness (QED) is 0.416. The second-order valence-electron chi connectivity index (χ2n) is 5.51. The van der Waals surface area contributed by atoms with E-state index in [1.165, 1.54) is 5.56 Å². The van der Waals surface area contributed by atoms with Gasteiger partial charge in [-0.1, -0.05) is 29.8 Å². The molecule has 0 saturated heterocycles. The van der Waals surface area contributed by atoms with E-state index in [0.29, 0.717) is 0 Å². The maximum absolute atomic E-state index is 6.18. The molecule has 0 spiro atoms. The van der Waals surface area contributed by atoms with Crippen molar-refractivity contribution in [3.05, 3.63) is 53.3 Å². The topological polar surface area (TPSA) is 54.2 Å². The summed E-state index contributed by atoms with van der Waals surface area (Å²) in [5, 5.41) is 11.7. The Hall–Kier alpha value is -2.01. The van der Waals surface area contributed by atoms with E-state index in [1.54, 1.807) is 6.20 Å². The molecule has 6 heteroatoms. The van der Waals surface area contributed by atoms with Crippen LogP contribution in [0.25, 0.3) is 0 Å². The Kier molecular flexibility index (Phi) is 8.18. The van der Waals surface area contributed by atoms with Crippen molar-refractivity contribution in [3.8, 4) is 0 Å². The molecule has 2 rings (SSSR count). The van der Waals surface area contributed by atoms with Crippen molar-refractivity contribution in [1.29, 1.82) is 0 Å². The van der Waals surface area contributed by atoms with Gasteiger partial charge in [-0.15, -0.1) is 0 Å². The molecule has 1 heterocycles. The third-order valence-corrected chi connectivity index (χ3v) is 3.96. The van der Waals surface area contributed by atoms with Crippen LogP contribution in [0.3, 0.4) is 0 Å². The molecule has 1 aromatic carbocycles. The Morgan fingerprint density at radius 3 is 2.83 bits per heavy atom. The summed E-state index contributed by atoms with van der Waals surface area (Å²) in [5.74, 6) is 0.872. The first kappa shape index (κ1) is 18.3. The van der Waals surface area contributed by atoms with Crippen LogP contribution in [-0.4, -0.2) is 35.4 Å². The molecule has 0 aliphatic heterocycles. The minimum absolute atomic E-state index is 0.777. The summed E-state index contributed by atoms with van der Waals surface area (Å²) < 4.78 is 1.93. The van der Waals surface area contributed by atoms with Crippen molar-refractivity contribution in [2.24, 2.45) is 4.99 Å². The Bertz CT molecular complexity index is 610. The van der Waals surface area contributed by atoms with Gasteiger partial charge in [0.2, 0.25) is 0 Å². The summed E-state index contributed by atoms with van der Waals surface area (Å²) in [6.45, 7) is 5.47. The lowest BCUT2D eigenvalue weighted by Crippen LogP contribution is -2.38. The number of nitrogens with one attached hydrogen (secondary N) is 2. The maximum Gasteiger partial charge on any atom is 0.191 e. The molecule has 130 valence electrons. The van der Waals surface area contributed by atoms with Gasteiger partial charge in [0, 0.05) is 43.6 Å². The van der Waals surface area contributed by atoms with Gasteiger partial charge in [-0.2, -0.15) is 5.10 Å². The predicted octanol–water partition coefficient (Wildman–Crippen LogP) is 3.11. The van der Waals surface area contributed by atoms with E-state index in [2.05, 4.69) is 33.7 Å². The number of aryl methyl sites for hydroxylation is 2. The lowest BCUT2D eigenvalue weighted by molar-refractivity contribution is 0.583. The number of aromatic nitrogens is 2. The Morgan fingerprint density at radius 1 is 1.21 bits per heavy atom. The van der Waals surface area contributed by atoms with Gasteiger partial charge in [0.25, 0.3) is 0 Å². The molecule has 2 N–H and O–H groups in total. The van der Waals surface area contributed by atoms with E-state index in [0.717, 1.165) is 56.4 Å². The number of rotatable bonds is 9. The number of halogens is 1. The smallest absolute Gasteiger partial charge is 0.191 e. The van der Waals surface area contributed by atoms with Crippen LogP contribution in [0.4, 0.5) is 0 Å². The van der Waals surface area contributed by atoms with Crippen molar-refractivity contribution in [3.63, 3.8) is 0 Å². The zero-order chi connectivity index (χ0) is 17.0. The number of guanidine groups is 1. The molecule has 5 nitrogen and oxygen atoms in total. The number of hydrogen-bond donors (Lipinski definition) is 2. The first-order valence-electron chi connectivity index (χ1n) is 8.52. The van der Waals surface area contributed by atoms with Gasteiger partial charge in [0.15, 0.2) is 5.96 Å². The van der Waals surface area contributed by atoms with Crippen LogP contribution >= 0.6 is 11.6 Å². The summed E-state index contributed by atoms with van der Waals surface area (Å²) in [7, 11) is 0. The lowest BCUT2D eigenvalue weighted by Gasteiger charge is -2.11. The van der Waals surface area contributed by atoms with Gasteiger partial charge in [-0.05, 0) is 43.9 Å². The number of aliphatic imine (C=N–C) groups is 1. The van der Waals surface area contributed by atoms with Crippen LogP contribution in [0.15, 0.2) is 47.7 Å². The zero-order valence-electron chi connectivity index (χ0n) is 14.2. The summed E-state index contributed by atoms with van der Waals surface area (Å²) in [6, 6.07) is 9.95. The van der Waals surface area contributed by atoms with E-state index in [4.69, 9.17) is 11.6 Å². The molecule has 0 fully saturated rings. The van der Waals surface area contributed by atoms with Crippen molar-refractivity contribution < 1.29 is 0 Å². The molecular weight excluding hydrogens is 322 g/mol. The lowest BCUT2D eigenvalue weighted by atomic mass is 10.1. The van der Waals surface area contributed by atoms with Gasteiger partial charge in [0.05, 0.1) is 0 Å². The second-order valence-corrected chi connectivity index (χ2v) is 5.91. The molecule has 0 bridgehead atoms. The molecule has 0 radical (unpaired) electrons. The minimum Gasteiger partial charge on any atom is -0.357 e. The fourth-order valence-corrected chi connectivity index (χ4v) is 2.62. The van der Waals surface area contributed by atoms with E-state index in [1.807, 2.05) is 35.1 Å². The molecule has 24 heavy (non-hydrogen) atoms. The fraction of sp³-hybridized carbons (Fsp3) is 0.444. The monoisotopic (exact) mass is 347 g/mol. The van der Waals surface area contributed by atoms with Crippen LogP contribution in [0.5, 0.6) is 0 Å². The Labute approximate surface area is 149 Å². The minimum atomic E-state index is 0.777. The van der Waals surface area contributed by atoms with Crippen LogP contribution in [-0.2, 0) is 13.0 Å². The first-order valence-corrected chi connectivity index (χ1v) is 8.90. The highest BCUT2D eigenvalue weighted by Crippen LogP contribution is 2.16. The van der Waals surface area contributed by atoms with Gasteiger partial charge in [-0.25, -0.2) is 0 Å².